The number of nitrogens with zero attached hydrogens (tertiary/aromatic N) is 1. The van der Waals surface area contributed by atoms with Crippen molar-refractivity contribution in [3.63, 3.8) is 0 Å². The van der Waals surface area contributed by atoms with Crippen molar-refractivity contribution in [3.05, 3.63) is 47.2 Å². The summed E-state index contributed by atoms with van der Waals surface area (Å²) < 4.78 is 31.4. The van der Waals surface area contributed by atoms with Gasteiger partial charge in [-0.15, -0.1) is 0 Å². The molecular formula is C15H19F2NO2. The molecule has 1 heterocycles. The quantitative estimate of drug-likeness (QED) is 0.852. The van der Waals surface area contributed by atoms with Gasteiger partial charge in [0.1, 0.15) is 17.4 Å². The number of carbonyl (C=O) groups is 1. The maximum absolute atomic E-state index is 13.4. The van der Waals surface area contributed by atoms with Gasteiger partial charge in [-0.05, 0) is 18.2 Å². The van der Waals surface area contributed by atoms with Crippen LogP contribution >= 0.6 is 0 Å². The van der Waals surface area contributed by atoms with Crippen LogP contribution in [0.4, 0.5) is 8.78 Å². The molecule has 0 N–H and O–H groups in total. The monoisotopic (exact) mass is 283 g/mol. The lowest BCUT2D eigenvalue weighted by molar-refractivity contribution is -0.127. The van der Waals surface area contributed by atoms with Gasteiger partial charge < -0.3 is 9.64 Å². The number of hydrogen-bond donors (Lipinski definition) is 0. The van der Waals surface area contributed by atoms with Crippen LogP contribution in [0.1, 0.15) is 25.8 Å². The Balaban J connectivity index is 0.000000956. The second-order valence-electron chi connectivity index (χ2n) is 4.06. The van der Waals surface area contributed by atoms with Crippen molar-refractivity contribution in [2.75, 3.05) is 13.7 Å². The van der Waals surface area contributed by atoms with E-state index < -0.39 is 11.6 Å². The highest BCUT2D eigenvalue weighted by molar-refractivity contribution is 5.88. The molecule has 110 valence electrons. The largest absolute Gasteiger partial charge is 0.501 e. The summed E-state index contributed by atoms with van der Waals surface area (Å²) in [4.78, 5) is 13.2. The molecule has 2 rings (SSSR count). The molecule has 0 bridgehead atoms. The second-order valence-corrected chi connectivity index (χ2v) is 4.06. The van der Waals surface area contributed by atoms with Crippen LogP contribution in [-0.2, 0) is 16.1 Å². The van der Waals surface area contributed by atoms with Crippen LogP contribution in [0.15, 0.2) is 30.0 Å². The summed E-state index contributed by atoms with van der Waals surface area (Å²) in [6.07, 6.45) is 1.96. The molecule has 0 saturated heterocycles. The topological polar surface area (TPSA) is 29.5 Å². The van der Waals surface area contributed by atoms with Crippen molar-refractivity contribution in [3.8, 4) is 0 Å². The summed E-state index contributed by atoms with van der Waals surface area (Å²) in [6.45, 7) is 4.50. The lowest BCUT2D eigenvalue weighted by atomic mass is 10.1. The van der Waals surface area contributed by atoms with Crippen LogP contribution in [0.2, 0.25) is 0 Å². The number of ether oxygens (including phenoxy) is 1. The van der Waals surface area contributed by atoms with E-state index in [0.717, 1.165) is 18.2 Å². The van der Waals surface area contributed by atoms with Crippen molar-refractivity contribution in [2.24, 2.45) is 0 Å². The van der Waals surface area contributed by atoms with Crippen molar-refractivity contribution in [2.45, 2.75) is 26.8 Å². The third-order valence-corrected chi connectivity index (χ3v) is 2.86. The number of amides is 1. The maximum atomic E-state index is 13.4. The standard InChI is InChI=1S/C13H13F2NO2.C2H6/c1-18-11-4-5-16(13(17)7-11)8-9-6-10(14)2-3-12(9)15;1-2/h2-3,6-7H,4-5,8H2,1H3;1-2H3. The highest BCUT2D eigenvalue weighted by atomic mass is 19.1. The molecule has 0 unspecified atom stereocenters. The van der Waals surface area contributed by atoms with Crippen molar-refractivity contribution in [1.29, 1.82) is 0 Å². The Kier molecular flexibility index (Phi) is 6.15. The molecule has 1 aliphatic heterocycles. The first-order valence-electron chi connectivity index (χ1n) is 6.57. The SMILES string of the molecule is CC.COC1=CC(=O)N(Cc2cc(F)ccc2F)CC1. The molecule has 0 saturated carbocycles. The Labute approximate surface area is 117 Å². The molecule has 1 aliphatic rings. The molecule has 0 radical (unpaired) electrons. The molecule has 20 heavy (non-hydrogen) atoms. The van der Waals surface area contributed by atoms with E-state index in [1.165, 1.54) is 18.1 Å². The van der Waals surface area contributed by atoms with Gasteiger partial charge in [0.15, 0.2) is 0 Å². The third-order valence-electron chi connectivity index (χ3n) is 2.86. The van der Waals surface area contributed by atoms with Crippen molar-refractivity contribution < 1.29 is 18.3 Å². The fourth-order valence-corrected chi connectivity index (χ4v) is 1.84. The minimum Gasteiger partial charge on any atom is -0.501 e. The van der Waals surface area contributed by atoms with Gasteiger partial charge in [-0.2, -0.15) is 0 Å². The summed E-state index contributed by atoms with van der Waals surface area (Å²) in [5.74, 6) is -0.660. The molecule has 0 fully saturated rings. The highest BCUT2D eigenvalue weighted by Gasteiger charge is 2.20. The van der Waals surface area contributed by atoms with E-state index in [2.05, 4.69) is 0 Å². The summed E-state index contributed by atoms with van der Waals surface area (Å²) >= 11 is 0. The average molecular weight is 283 g/mol. The molecule has 0 aromatic heterocycles. The zero-order valence-electron chi connectivity index (χ0n) is 12.0. The first-order valence-corrected chi connectivity index (χ1v) is 6.57. The van der Waals surface area contributed by atoms with Crippen molar-refractivity contribution >= 4 is 5.91 Å². The normalized spacial score (nSPS) is 14.3. The van der Waals surface area contributed by atoms with Crippen molar-refractivity contribution in [1.82, 2.24) is 4.90 Å². The first-order chi connectivity index (χ1) is 9.60. The third kappa shape index (κ3) is 4.05. The van der Waals surface area contributed by atoms with Gasteiger partial charge in [0.2, 0.25) is 5.91 Å². The molecular weight excluding hydrogens is 264 g/mol. The molecule has 0 spiro atoms. The molecule has 0 atom stereocenters. The summed E-state index contributed by atoms with van der Waals surface area (Å²) in [5.41, 5.74) is 0.178. The Morgan fingerprint density at radius 3 is 2.60 bits per heavy atom. The predicted molar refractivity (Wildman–Crippen MR) is 72.8 cm³/mol. The highest BCUT2D eigenvalue weighted by Crippen LogP contribution is 2.17. The average Bonchev–Trinajstić information content (AvgIpc) is 2.47. The van der Waals surface area contributed by atoms with Gasteiger partial charge in [0, 0.05) is 31.1 Å². The molecule has 1 aromatic rings. The number of carbonyl (C=O) groups excluding carboxylic acids is 1. The van der Waals surface area contributed by atoms with E-state index in [1.54, 1.807) is 0 Å². The fraction of sp³-hybridized carbons (Fsp3) is 0.400. The lowest BCUT2D eigenvalue weighted by Crippen LogP contribution is -2.34. The minimum atomic E-state index is -0.510. The van der Waals surface area contributed by atoms with Crippen LogP contribution in [0.25, 0.3) is 0 Å². The smallest absolute Gasteiger partial charge is 0.250 e. The Morgan fingerprint density at radius 2 is 2.00 bits per heavy atom. The summed E-state index contributed by atoms with van der Waals surface area (Å²) in [7, 11) is 1.50. The Bertz CT molecular complexity index is 501. The van der Waals surface area contributed by atoms with E-state index in [4.69, 9.17) is 4.74 Å². The second kappa shape index (κ2) is 7.62. The van der Waals surface area contributed by atoms with Crippen LogP contribution in [0, 0.1) is 11.6 Å². The van der Waals surface area contributed by atoms with Crippen LogP contribution in [0.3, 0.4) is 0 Å². The van der Waals surface area contributed by atoms with Gasteiger partial charge >= 0.3 is 0 Å². The van der Waals surface area contributed by atoms with Crippen LogP contribution in [0.5, 0.6) is 0 Å². The zero-order valence-corrected chi connectivity index (χ0v) is 12.0. The minimum absolute atomic E-state index is 0.0654. The number of hydrogen-bond acceptors (Lipinski definition) is 2. The number of rotatable bonds is 3. The number of methoxy groups -OCH3 is 1. The molecule has 1 amide bonds. The maximum Gasteiger partial charge on any atom is 0.250 e. The van der Waals surface area contributed by atoms with Gasteiger partial charge in [0.05, 0.1) is 7.11 Å². The molecule has 0 aliphatic carbocycles. The van der Waals surface area contributed by atoms with Crippen LogP contribution < -0.4 is 0 Å². The van der Waals surface area contributed by atoms with E-state index in [-0.39, 0.29) is 18.0 Å². The molecule has 1 aromatic carbocycles. The lowest BCUT2D eigenvalue weighted by Gasteiger charge is -2.26. The Hall–Kier alpha value is -1.91. The van der Waals surface area contributed by atoms with Gasteiger partial charge in [0.25, 0.3) is 0 Å². The predicted octanol–water partition coefficient (Wildman–Crippen LogP) is 3.25. The van der Waals surface area contributed by atoms with E-state index in [1.807, 2.05) is 13.8 Å². The summed E-state index contributed by atoms with van der Waals surface area (Å²) in [6, 6.07) is 3.23. The molecule has 5 heteroatoms. The Morgan fingerprint density at radius 1 is 1.30 bits per heavy atom. The van der Waals surface area contributed by atoms with Gasteiger partial charge in [-0.3, -0.25) is 4.79 Å². The summed E-state index contributed by atoms with van der Waals surface area (Å²) in [5, 5.41) is 0. The number of benzene rings is 1. The van der Waals surface area contributed by atoms with Crippen LogP contribution in [-0.4, -0.2) is 24.5 Å². The molecule has 3 nitrogen and oxygen atoms in total. The van der Waals surface area contributed by atoms with E-state index in [9.17, 15) is 13.6 Å². The first kappa shape index (κ1) is 16.1. The zero-order chi connectivity index (χ0) is 15.1. The van der Waals surface area contributed by atoms with E-state index >= 15 is 0 Å². The fourth-order valence-electron chi connectivity index (χ4n) is 1.84. The number of halogens is 2. The van der Waals surface area contributed by atoms with Gasteiger partial charge in [-0.1, -0.05) is 13.8 Å². The van der Waals surface area contributed by atoms with E-state index in [0.29, 0.717) is 18.7 Å². The van der Waals surface area contributed by atoms with Gasteiger partial charge in [-0.25, -0.2) is 8.78 Å².